The first-order valence-electron chi connectivity index (χ1n) is 8.42. The van der Waals surface area contributed by atoms with Gasteiger partial charge < -0.3 is 9.73 Å². The van der Waals surface area contributed by atoms with Crippen LogP contribution in [0.15, 0.2) is 41.0 Å². The van der Waals surface area contributed by atoms with Gasteiger partial charge in [-0.3, -0.25) is 4.79 Å². The highest BCUT2D eigenvalue weighted by Gasteiger charge is 2.28. The minimum Gasteiger partial charge on any atom is -0.444 e. The molecule has 1 fully saturated rings. The van der Waals surface area contributed by atoms with Gasteiger partial charge in [-0.15, -0.1) is 0 Å². The van der Waals surface area contributed by atoms with E-state index >= 15 is 0 Å². The van der Waals surface area contributed by atoms with Crippen LogP contribution in [0, 0.1) is 11.8 Å². The molecule has 1 amide bonds. The normalized spacial score (nSPS) is 24.3. The summed E-state index contributed by atoms with van der Waals surface area (Å²) in [5, 5.41) is 3.18. The Balaban J connectivity index is 1.59. The zero-order valence-electron chi connectivity index (χ0n) is 13.8. The Kier molecular flexibility index (Phi) is 4.79. The molecule has 0 radical (unpaired) electrons. The summed E-state index contributed by atoms with van der Waals surface area (Å²) in [6, 6.07) is 10.0. The van der Waals surface area contributed by atoms with Crippen molar-refractivity contribution >= 4 is 5.91 Å². The van der Waals surface area contributed by atoms with Crippen molar-refractivity contribution in [3.63, 3.8) is 0 Å². The van der Waals surface area contributed by atoms with Crippen LogP contribution in [0.1, 0.15) is 38.8 Å². The fraction of sp³-hybridized carbons (Fsp3) is 0.474. The van der Waals surface area contributed by atoms with Crippen LogP contribution in [0.25, 0.3) is 11.5 Å². The van der Waals surface area contributed by atoms with Crippen LogP contribution in [0.5, 0.6) is 0 Å². The molecule has 1 aromatic heterocycles. The van der Waals surface area contributed by atoms with Gasteiger partial charge in [-0.05, 0) is 30.4 Å². The van der Waals surface area contributed by atoms with Gasteiger partial charge in [0.15, 0.2) is 0 Å². The summed E-state index contributed by atoms with van der Waals surface area (Å²) in [5.74, 6) is 1.80. The zero-order valence-corrected chi connectivity index (χ0v) is 13.8. The van der Waals surface area contributed by atoms with E-state index in [1.54, 1.807) is 6.26 Å². The van der Waals surface area contributed by atoms with Crippen LogP contribution in [0.4, 0.5) is 0 Å². The first kappa shape index (κ1) is 15.8. The smallest absolute Gasteiger partial charge is 0.226 e. The molecular weight excluding hydrogens is 288 g/mol. The van der Waals surface area contributed by atoms with E-state index in [9.17, 15) is 4.79 Å². The van der Waals surface area contributed by atoms with E-state index in [1.807, 2.05) is 30.3 Å². The van der Waals surface area contributed by atoms with Gasteiger partial charge in [-0.25, -0.2) is 4.98 Å². The third-order valence-electron chi connectivity index (χ3n) is 4.97. The van der Waals surface area contributed by atoms with Crippen molar-refractivity contribution < 1.29 is 9.21 Å². The van der Waals surface area contributed by atoms with Crippen LogP contribution in [-0.4, -0.2) is 16.9 Å². The number of hydrogen-bond acceptors (Lipinski definition) is 3. The lowest BCUT2D eigenvalue weighted by Gasteiger charge is -2.34. The molecule has 23 heavy (non-hydrogen) atoms. The SMILES string of the molecule is CC1CCCC(NC(=O)Cc2coc(-c3ccccc3)n2)C1C. The number of hydrogen-bond donors (Lipinski definition) is 1. The summed E-state index contributed by atoms with van der Waals surface area (Å²) in [4.78, 5) is 16.7. The molecule has 2 aromatic rings. The molecule has 3 rings (SSSR count). The molecule has 1 heterocycles. The van der Waals surface area contributed by atoms with E-state index in [-0.39, 0.29) is 18.4 Å². The van der Waals surface area contributed by atoms with Gasteiger partial charge in [0, 0.05) is 11.6 Å². The summed E-state index contributed by atoms with van der Waals surface area (Å²) in [5.41, 5.74) is 1.60. The summed E-state index contributed by atoms with van der Waals surface area (Å²) in [6.45, 7) is 4.51. The second kappa shape index (κ2) is 6.99. The number of oxazole rings is 1. The fourth-order valence-electron chi connectivity index (χ4n) is 3.31. The van der Waals surface area contributed by atoms with Crippen LogP contribution < -0.4 is 5.32 Å². The van der Waals surface area contributed by atoms with E-state index in [0.717, 1.165) is 12.0 Å². The van der Waals surface area contributed by atoms with E-state index < -0.39 is 0 Å². The van der Waals surface area contributed by atoms with Gasteiger partial charge in [-0.2, -0.15) is 0 Å². The molecule has 1 aliphatic rings. The lowest BCUT2D eigenvalue weighted by molar-refractivity contribution is -0.121. The van der Waals surface area contributed by atoms with Crippen molar-refractivity contribution in [1.29, 1.82) is 0 Å². The van der Waals surface area contributed by atoms with Gasteiger partial charge in [0.2, 0.25) is 11.8 Å². The van der Waals surface area contributed by atoms with E-state index in [1.165, 1.54) is 12.8 Å². The van der Waals surface area contributed by atoms with Crippen molar-refractivity contribution in [2.75, 3.05) is 0 Å². The Morgan fingerprint density at radius 1 is 1.26 bits per heavy atom. The molecule has 4 nitrogen and oxygen atoms in total. The van der Waals surface area contributed by atoms with Gasteiger partial charge in [0.25, 0.3) is 0 Å². The first-order valence-corrected chi connectivity index (χ1v) is 8.42. The van der Waals surface area contributed by atoms with E-state index in [2.05, 4.69) is 24.1 Å². The predicted octanol–water partition coefficient (Wildman–Crippen LogP) is 3.83. The van der Waals surface area contributed by atoms with Crippen LogP contribution in [-0.2, 0) is 11.2 Å². The maximum atomic E-state index is 12.3. The number of benzene rings is 1. The van der Waals surface area contributed by atoms with Gasteiger partial charge in [-0.1, -0.05) is 44.9 Å². The molecule has 3 atom stereocenters. The summed E-state index contributed by atoms with van der Waals surface area (Å²) in [6.07, 6.45) is 5.38. The molecule has 1 N–H and O–H groups in total. The van der Waals surface area contributed by atoms with Crippen LogP contribution in [0.3, 0.4) is 0 Å². The highest BCUT2D eigenvalue weighted by molar-refractivity contribution is 5.78. The molecule has 0 saturated heterocycles. The molecule has 0 spiro atoms. The minimum absolute atomic E-state index is 0.0314. The summed E-state index contributed by atoms with van der Waals surface area (Å²) in [7, 11) is 0. The first-order chi connectivity index (χ1) is 11.1. The van der Waals surface area contributed by atoms with Crippen molar-refractivity contribution in [2.24, 2.45) is 11.8 Å². The Morgan fingerprint density at radius 3 is 2.83 bits per heavy atom. The Hall–Kier alpha value is -2.10. The van der Waals surface area contributed by atoms with Crippen molar-refractivity contribution in [3.05, 3.63) is 42.3 Å². The molecule has 1 aliphatic carbocycles. The van der Waals surface area contributed by atoms with Gasteiger partial charge in [0.05, 0.1) is 12.1 Å². The number of rotatable bonds is 4. The maximum absolute atomic E-state index is 12.3. The van der Waals surface area contributed by atoms with Crippen molar-refractivity contribution in [2.45, 2.75) is 45.6 Å². The highest BCUT2D eigenvalue weighted by Crippen LogP contribution is 2.29. The highest BCUT2D eigenvalue weighted by atomic mass is 16.3. The monoisotopic (exact) mass is 312 g/mol. The summed E-state index contributed by atoms with van der Waals surface area (Å²) >= 11 is 0. The third kappa shape index (κ3) is 3.81. The average molecular weight is 312 g/mol. The molecule has 3 unspecified atom stereocenters. The van der Waals surface area contributed by atoms with Crippen molar-refractivity contribution in [1.82, 2.24) is 10.3 Å². The molecular formula is C19H24N2O2. The van der Waals surface area contributed by atoms with E-state index in [0.29, 0.717) is 23.4 Å². The number of nitrogens with one attached hydrogen (secondary N) is 1. The number of carbonyl (C=O) groups is 1. The minimum atomic E-state index is 0.0314. The average Bonchev–Trinajstić information content (AvgIpc) is 3.01. The van der Waals surface area contributed by atoms with E-state index in [4.69, 9.17) is 4.42 Å². The molecule has 1 saturated carbocycles. The lowest BCUT2D eigenvalue weighted by Crippen LogP contribution is -2.44. The number of carbonyl (C=O) groups excluding carboxylic acids is 1. The quantitative estimate of drug-likeness (QED) is 0.933. The van der Waals surface area contributed by atoms with Gasteiger partial charge >= 0.3 is 0 Å². The Bertz CT molecular complexity index is 650. The van der Waals surface area contributed by atoms with Crippen LogP contribution in [0.2, 0.25) is 0 Å². The standard InChI is InChI=1S/C19H24N2O2/c1-13-7-6-10-17(14(13)2)21-18(22)11-16-12-23-19(20-16)15-8-4-3-5-9-15/h3-5,8-9,12-14,17H,6-7,10-11H2,1-2H3,(H,21,22). The molecule has 122 valence electrons. The summed E-state index contributed by atoms with van der Waals surface area (Å²) < 4.78 is 5.49. The largest absolute Gasteiger partial charge is 0.444 e. The Labute approximate surface area is 137 Å². The number of amides is 1. The maximum Gasteiger partial charge on any atom is 0.226 e. The zero-order chi connectivity index (χ0) is 16.2. The Morgan fingerprint density at radius 2 is 2.04 bits per heavy atom. The topological polar surface area (TPSA) is 55.1 Å². The molecule has 0 bridgehead atoms. The second-order valence-corrected chi connectivity index (χ2v) is 6.63. The number of nitrogens with zero attached hydrogens (tertiary/aromatic N) is 1. The molecule has 4 heteroatoms. The lowest BCUT2D eigenvalue weighted by atomic mass is 9.78. The fourth-order valence-corrected chi connectivity index (χ4v) is 3.31. The molecule has 1 aromatic carbocycles. The van der Waals surface area contributed by atoms with Gasteiger partial charge in [0.1, 0.15) is 6.26 Å². The number of aromatic nitrogens is 1. The van der Waals surface area contributed by atoms with Crippen molar-refractivity contribution in [3.8, 4) is 11.5 Å². The molecule has 0 aliphatic heterocycles. The van der Waals surface area contributed by atoms with Crippen LogP contribution >= 0.6 is 0 Å². The predicted molar refractivity (Wildman–Crippen MR) is 89.8 cm³/mol. The second-order valence-electron chi connectivity index (χ2n) is 6.63. The third-order valence-corrected chi connectivity index (χ3v) is 4.97.